The summed E-state index contributed by atoms with van der Waals surface area (Å²) < 4.78 is 5.67. The minimum atomic E-state index is -0.0726. The smallest absolute Gasteiger partial charge is 0.121 e. The summed E-state index contributed by atoms with van der Waals surface area (Å²) in [4.78, 5) is 0. The number of nitrogens with one attached hydrogen (secondary N) is 1. The van der Waals surface area contributed by atoms with Crippen molar-refractivity contribution in [3.05, 3.63) is 59.5 Å². The summed E-state index contributed by atoms with van der Waals surface area (Å²) in [5.41, 5.74) is 1.09. The van der Waals surface area contributed by atoms with Crippen LogP contribution < -0.4 is 5.32 Å². The van der Waals surface area contributed by atoms with Crippen molar-refractivity contribution in [2.24, 2.45) is 0 Å². The predicted molar refractivity (Wildman–Crippen MR) is 75.9 cm³/mol. The Hall–Kier alpha value is -1.58. The lowest BCUT2D eigenvalue weighted by atomic mass is 10.0. The molecule has 3 heteroatoms. The Morgan fingerprint density at radius 3 is 2.37 bits per heavy atom. The molecule has 0 aliphatic carbocycles. The Morgan fingerprint density at radius 2 is 1.84 bits per heavy atom. The zero-order chi connectivity index (χ0) is 13.7. The highest BCUT2D eigenvalue weighted by molar-refractivity contribution is 5.20. The molecule has 0 spiro atoms. The molecule has 1 unspecified atom stereocenters. The van der Waals surface area contributed by atoms with Crippen molar-refractivity contribution >= 4 is 0 Å². The molecular formula is C16H21NO2. The summed E-state index contributed by atoms with van der Waals surface area (Å²) in [6, 6.07) is 14.0. The van der Waals surface area contributed by atoms with E-state index in [1.165, 1.54) is 0 Å². The van der Waals surface area contributed by atoms with Crippen molar-refractivity contribution in [2.75, 3.05) is 6.61 Å². The molecule has 2 aromatic rings. The Balaban J connectivity index is 2.12. The molecule has 19 heavy (non-hydrogen) atoms. The second-order valence-electron chi connectivity index (χ2n) is 4.72. The largest absolute Gasteiger partial charge is 0.465 e. The predicted octanol–water partition coefficient (Wildman–Crippen LogP) is 3.36. The average molecular weight is 259 g/mol. The van der Waals surface area contributed by atoms with Gasteiger partial charge in [-0.1, -0.05) is 37.3 Å². The summed E-state index contributed by atoms with van der Waals surface area (Å²) in [5.74, 6) is 1.84. The zero-order valence-corrected chi connectivity index (χ0v) is 11.5. The Kier molecular flexibility index (Phi) is 4.77. The molecule has 3 nitrogen and oxygen atoms in total. The highest BCUT2D eigenvalue weighted by Gasteiger charge is 2.18. The number of hydrogen-bond acceptors (Lipinski definition) is 3. The van der Waals surface area contributed by atoms with Gasteiger partial charge in [-0.25, -0.2) is 0 Å². The van der Waals surface area contributed by atoms with Gasteiger partial charge in [0.15, 0.2) is 0 Å². The van der Waals surface area contributed by atoms with Gasteiger partial charge in [0.05, 0.1) is 18.7 Å². The van der Waals surface area contributed by atoms with Gasteiger partial charge in [0.1, 0.15) is 11.5 Å². The molecule has 2 N–H and O–H groups in total. The zero-order valence-electron chi connectivity index (χ0n) is 11.5. The molecule has 0 saturated carbocycles. The maximum Gasteiger partial charge on any atom is 0.121 e. The lowest BCUT2D eigenvalue weighted by Crippen LogP contribution is -2.28. The molecule has 1 aromatic heterocycles. The number of aliphatic hydroxyl groups excluding tert-OH is 1. The van der Waals surface area contributed by atoms with E-state index in [1.807, 2.05) is 49.4 Å². The van der Waals surface area contributed by atoms with Crippen LogP contribution in [-0.4, -0.2) is 11.7 Å². The van der Waals surface area contributed by atoms with Gasteiger partial charge in [0, 0.05) is 0 Å². The first-order valence-corrected chi connectivity index (χ1v) is 6.72. The first-order chi connectivity index (χ1) is 9.24. The third kappa shape index (κ3) is 3.46. The molecule has 0 fully saturated rings. The molecule has 102 valence electrons. The van der Waals surface area contributed by atoms with Crippen LogP contribution in [0, 0.1) is 6.92 Å². The normalized spacial score (nSPS) is 14.3. The van der Waals surface area contributed by atoms with E-state index in [1.54, 1.807) is 0 Å². The van der Waals surface area contributed by atoms with Gasteiger partial charge in [0.2, 0.25) is 0 Å². The topological polar surface area (TPSA) is 45.4 Å². The average Bonchev–Trinajstić information content (AvgIpc) is 2.88. The van der Waals surface area contributed by atoms with Crippen molar-refractivity contribution in [3.8, 4) is 0 Å². The number of aryl methyl sites for hydroxylation is 1. The Labute approximate surface area is 114 Å². The molecule has 2 rings (SSSR count). The van der Waals surface area contributed by atoms with E-state index >= 15 is 0 Å². The summed E-state index contributed by atoms with van der Waals surface area (Å²) in [5, 5.41) is 13.0. The molecular weight excluding hydrogens is 238 g/mol. The number of rotatable bonds is 6. The van der Waals surface area contributed by atoms with Gasteiger partial charge in [-0.15, -0.1) is 0 Å². The monoisotopic (exact) mass is 259 g/mol. The van der Waals surface area contributed by atoms with E-state index in [2.05, 4.69) is 12.2 Å². The molecule has 0 aliphatic heterocycles. The van der Waals surface area contributed by atoms with E-state index in [0.29, 0.717) is 0 Å². The molecule has 1 aromatic carbocycles. The summed E-state index contributed by atoms with van der Waals surface area (Å²) >= 11 is 0. The second-order valence-corrected chi connectivity index (χ2v) is 4.72. The summed E-state index contributed by atoms with van der Waals surface area (Å²) in [6.07, 6.45) is 0.913. The van der Waals surface area contributed by atoms with Crippen LogP contribution >= 0.6 is 0 Å². The van der Waals surface area contributed by atoms with Crippen molar-refractivity contribution in [3.63, 3.8) is 0 Å². The molecule has 2 atom stereocenters. The standard InChI is InChI=1S/C16H21NO2/c1-3-14(16-10-9-12(2)19-16)17-15(11-18)13-7-5-4-6-8-13/h4-10,14-15,17-18H,3,11H2,1-2H3/t14-,15?/m1/s1. The first kappa shape index (κ1) is 13.8. The van der Waals surface area contributed by atoms with Gasteiger partial charge in [-0.2, -0.15) is 0 Å². The lowest BCUT2D eigenvalue weighted by Gasteiger charge is -2.22. The highest BCUT2D eigenvalue weighted by atomic mass is 16.3. The molecule has 0 aliphatic rings. The maximum absolute atomic E-state index is 9.58. The highest BCUT2D eigenvalue weighted by Crippen LogP contribution is 2.23. The number of hydrogen-bond donors (Lipinski definition) is 2. The molecule has 0 bridgehead atoms. The third-order valence-electron chi connectivity index (χ3n) is 3.30. The van der Waals surface area contributed by atoms with Crippen molar-refractivity contribution in [2.45, 2.75) is 32.4 Å². The summed E-state index contributed by atoms with van der Waals surface area (Å²) in [7, 11) is 0. The van der Waals surface area contributed by atoms with Crippen LogP contribution in [0.1, 0.15) is 42.5 Å². The van der Waals surface area contributed by atoms with Crippen LogP contribution in [0.2, 0.25) is 0 Å². The fourth-order valence-electron chi connectivity index (χ4n) is 2.22. The van der Waals surface area contributed by atoms with E-state index in [0.717, 1.165) is 23.5 Å². The van der Waals surface area contributed by atoms with Gasteiger partial charge in [-0.05, 0) is 31.0 Å². The van der Waals surface area contributed by atoms with E-state index < -0.39 is 0 Å². The fraction of sp³-hybridized carbons (Fsp3) is 0.375. The number of furan rings is 1. The SMILES string of the molecule is CC[C@@H](NC(CO)c1ccccc1)c1ccc(C)o1. The van der Waals surface area contributed by atoms with E-state index in [4.69, 9.17) is 4.42 Å². The van der Waals surface area contributed by atoms with Crippen LogP contribution in [0.5, 0.6) is 0 Å². The van der Waals surface area contributed by atoms with Crippen LogP contribution in [0.15, 0.2) is 46.9 Å². The Bertz CT molecular complexity index is 492. The van der Waals surface area contributed by atoms with Crippen LogP contribution in [0.4, 0.5) is 0 Å². The lowest BCUT2D eigenvalue weighted by molar-refractivity contribution is 0.225. The summed E-state index contributed by atoms with van der Waals surface area (Å²) in [6.45, 7) is 4.12. The Morgan fingerprint density at radius 1 is 1.11 bits per heavy atom. The number of benzene rings is 1. The van der Waals surface area contributed by atoms with Gasteiger partial charge >= 0.3 is 0 Å². The van der Waals surface area contributed by atoms with Crippen molar-refractivity contribution < 1.29 is 9.52 Å². The molecule has 0 amide bonds. The molecule has 0 radical (unpaired) electrons. The van der Waals surface area contributed by atoms with Crippen molar-refractivity contribution in [1.82, 2.24) is 5.32 Å². The van der Waals surface area contributed by atoms with Gasteiger partial charge in [-0.3, -0.25) is 5.32 Å². The van der Waals surface area contributed by atoms with E-state index in [9.17, 15) is 5.11 Å². The minimum absolute atomic E-state index is 0.0696. The number of aliphatic hydroxyl groups is 1. The maximum atomic E-state index is 9.58. The van der Waals surface area contributed by atoms with Gasteiger partial charge < -0.3 is 9.52 Å². The van der Waals surface area contributed by atoms with Crippen LogP contribution in [0.25, 0.3) is 0 Å². The minimum Gasteiger partial charge on any atom is -0.465 e. The van der Waals surface area contributed by atoms with E-state index in [-0.39, 0.29) is 18.7 Å². The fourth-order valence-corrected chi connectivity index (χ4v) is 2.22. The van der Waals surface area contributed by atoms with Crippen molar-refractivity contribution in [1.29, 1.82) is 0 Å². The second kappa shape index (κ2) is 6.55. The molecule has 0 saturated heterocycles. The van der Waals surface area contributed by atoms with Crippen LogP contribution in [0.3, 0.4) is 0 Å². The van der Waals surface area contributed by atoms with Gasteiger partial charge in [0.25, 0.3) is 0 Å². The third-order valence-corrected chi connectivity index (χ3v) is 3.30. The first-order valence-electron chi connectivity index (χ1n) is 6.72. The quantitative estimate of drug-likeness (QED) is 0.836. The molecule has 1 heterocycles. The van der Waals surface area contributed by atoms with Crippen LogP contribution in [-0.2, 0) is 0 Å².